The van der Waals surface area contributed by atoms with E-state index >= 15 is 0 Å². The molecule has 0 aromatic heterocycles. The summed E-state index contributed by atoms with van der Waals surface area (Å²) in [7, 11) is 2.04. The summed E-state index contributed by atoms with van der Waals surface area (Å²) in [5, 5.41) is 3.65. The molecule has 1 nitrogen and oxygen atoms in total. The van der Waals surface area contributed by atoms with E-state index in [4.69, 9.17) is 11.6 Å². The second-order valence-corrected chi connectivity index (χ2v) is 6.83. The van der Waals surface area contributed by atoms with Gasteiger partial charge in [-0.1, -0.05) is 31.5 Å². The Hall–Kier alpha value is -0.600. The van der Waals surface area contributed by atoms with Crippen LogP contribution >= 0.6 is 11.6 Å². The molecule has 0 spiro atoms. The zero-order valence-corrected chi connectivity index (χ0v) is 13.4. The molecule has 1 saturated carbocycles. The minimum absolute atomic E-state index is 0.211. The molecular weight excluding hydrogens is 273 g/mol. The van der Waals surface area contributed by atoms with Crippen LogP contribution in [0.1, 0.15) is 38.7 Å². The Morgan fingerprint density at radius 3 is 2.70 bits per heavy atom. The van der Waals surface area contributed by atoms with Crippen molar-refractivity contribution >= 4 is 11.6 Å². The van der Waals surface area contributed by atoms with E-state index in [1.807, 2.05) is 13.1 Å². The highest BCUT2D eigenvalue weighted by Gasteiger charge is 2.30. The second-order valence-electron chi connectivity index (χ2n) is 6.42. The molecule has 0 amide bonds. The van der Waals surface area contributed by atoms with Crippen LogP contribution in [0.15, 0.2) is 18.2 Å². The lowest BCUT2D eigenvalue weighted by molar-refractivity contribution is 0.172. The predicted octanol–water partition coefficient (Wildman–Crippen LogP) is 4.68. The van der Waals surface area contributed by atoms with Crippen molar-refractivity contribution < 1.29 is 4.39 Å². The van der Waals surface area contributed by atoms with Crippen LogP contribution in [0.25, 0.3) is 0 Å². The Kier molecular flexibility index (Phi) is 5.45. The highest BCUT2D eigenvalue weighted by atomic mass is 35.5. The average Bonchev–Trinajstić information content (AvgIpc) is 2.42. The van der Waals surface area contributed by atoms with Gasteiger partial charge < -0.3 is 5.32 Å². The fraction of sp³-hybridized carbons (Fsp3) is 0.647. The monoisotopic (exact) mass is 297 g/mol. The van der Waals surface area contributed by atoms with Crippen LogP contribution in [0.3, 0.4) is 0 Å². The molecular formula is C17H25ClFN. The maximum absolute atomic E-state index is 13.6. The fourth-order valence-corrected chi connectivity index (χ4v) is 3.60. The van der Waals surface area contributed by atoms with Crippen molar-refractivity contribution in [3.05, 3.63) is 34.6 Å². The first-order valence-corrected chi connectivity index (χ1v) is 8.00. The zero-order valence-electron chi connectivity index (χ0n) is 12.6. The Balaban J connectivity index is 2.09. The van der Waals surface area contributed by atoms with Crippen molar-refractivity contribution in [1.29, 1.82) is 0 Å². The molecule has 1 aromatic rings. The lowest BCUT2D eigenvalue weighted by Crippen LogP contribution is -2.40. The molecule has 0 bridgehead atoms. The van der Waals surface area contributed by atoms with Crippen molar-refractivity contribution in [2.24, 2.45) is 17.8 Å². The maximum atomic E-state index is 13.6. The van der Waals surface area contributed by atoms with Gasteiger partial charge in [0.25, 0.3) is 0 Å². The fourth-order valence-electron chi connectivity index (χ4n) is 3.48. The summed E-state index contributed by atoms with van der Waals surface area (Å²) in [6.45, 7) is 4.62. The Labute approximate surface area is 126 Å². The second kappa shape index (κ2) is 6.91. The molecule has 1 fully saturated rings. The molecule has 0 saturated heterocycles. The lowest BCUT2D eigenvalue weighted by atomic mass is 9.72. The quantitative estimate of drug-likeness (QED) is 0.851. The van der Waals surface area contributed by atoms with Gasteiger partial charge in [0.1, 0.15) is 5.82 Å². The average molecular weight is 298 g/mol. The molecule has 0 radical (unpaired) electrons. The van der Waals surface area contributed by atoms with Crippen LogP contribution in [0.2, 0.25) is 5.02 Å². The molecule has 3 atom stereocenters. The first-order valence-electron chi connectivity index (χ1n) is 7.62. The molecule has 1 aromatic carbocycles. The van der Waals surface area contributed by atoms with Gasteiger partial charge in [-0.2, -0.15) is 0 Å². The third-order valence-electron chi connectivity index (χ3n) is 4.82. The molecule has 112 valence electrons. The summed E-state index contributed by atoms with van der Waals surface area (Å²) in [5.74, 6) is 1.81. The summed E-state index contributed by atoms with van der Waals surface area (Å²) >= 11 is 5.76. The van der Waals surface area contributed by atoms with Gasteiger partial charge in [-0.15, -0.1) is 0 Å². The number of hydrogen-bond donors (Lipinski definition) is 1. The van der Waals surface area contributed by atoms with Gasteiger partial charge in [-0.05, 0) is 68.2 Å². The molecule has 3 unspecified atom stereocenters. The molecule has 20 heavy (non-hydrogen) atoms. The van der Waals surface area contributed by atoms with E-state index in [0.717, 1.165) is 23.8 Å². The minimum atomic E-state index is -0.304. The van der Waals surface area contributed by atoms with Crippen LogP contribution < -0.4 is 5.32 Å². The van der Waals surface area contributed by atoms with E-state index in [0.29, 0.717) is 12.0 Å². The van der Waals surface area contributed by atoms with Crippen molar-refractivity contribution in [2.45, 2.75) is 45.6 Å². The van der Waals surface area contributed by atoms with Gasteiger partial charge in [-0.25, -0.2) is 4.39 Å². The Morgan fingerprint density at radius 2 is 2.10 bits per heavy atom. The molecule has 0 aliphatic heterocycles. The molecule has 0 heterocycles. The number of rotatable bonds is 4. The van der Waals surface area contributed by atoms with Gasteiger partial charge in [0.05, 0.1) is 5.02 Å². The first-order chi connectivity index (χ1) is 9.51. The molecule has 1 aliphatic rings. The molecule has 3 heteroatoms. The van der Waals surface area contributed by atoms with Gasteiger partial charge in [0.2, 0.25) is 0 Å². The topological polar surface area (TPSA) is 12.0 Å². The van der Waals surface area contributed by atoms with Gasteiger partial charge in [-0.3, -0.25) is 0 Å². The van der Waals surface area contributed by atoms with Crippen LogP contribution in [0.4, 0.5) is 4.39 Å². The maximum Gasteiger partial charge on any atom is 0.142 e. The van der Waals surface area contributed by atoms with E-state index in [1.54, 1.807) is 12.1 Å². The predicted molar refractivity (Wildman–Crippen MR) is 83.6 cm³/mol. The van der Waals surface area contributed by atoms with E-state index in [2.05, 4.69) is 19.2 Å². The van der Waals surface area contributed by atoms with Crippen LogP contribution in [0.5, 0.6) is 0 Å². The third kappa shape index (κ3) is 3.73. The highest BCUT2D eigenvalue weighted by Crippen LogP contribution is 2.35. The minimum Gasteiger partial charge on any atom is -0.317 e. The summed E-state index contributed by atoms with van der Waals surface area (Å²) in [6, 6.07) is 5.76. The summed E-state index contributed by atoms with van der Waals surface area (Å²) < 4.78 is 13.6. The SMILES string of the molecule is CNC1CCC(C(C)C)CC1Cc1ccc(Cl)c(F)c1. The van der Waals surface area contributed by atoms with Gasteiger partial charge in [0.15, 0.2) is 0 Å². The van der Waals surface area contributed by atoms with Gasteiger partial charge in [0, 0.05) is 6.04 Å². The van der Waals surface area contributed by atoms with E-state index in [-0.39, 0.29) is 10.8 Å². The number of hydrogen-bond acceptors (Lipinski definition) is 1. The van der Waals surface area contributed by atoms with Crippen LogP contribution in [-0.4, -0.2) is 13.1 Å². The summed E-state index contributed by atoms with van der Waals surface area (Å²) in [6.07, 6.45) is 4.69. The standard InChI is InChI=1S/C17H25ClFN/c1-11(2)13-5-7-17(20-3)14(10-13)8-12-4-6-15(18)16(19)9-12/h4,6,9,11,13-14,17,20H,5,7-8,10H2,1-3H3. The number of benzene rings is 1. The number of nitrogens with one attached hydrogen (secondary N) is 1. The normalized spacial score (nSPS) is 27.0. The van der Waals surface area contributed by atoms with Crippen LogP contribution in [0, 0.1) is 23.6 Å². The van der Waals surface area contributed by atoms with Crippen molar-refractivity contribution in [2.75, 3.05) is 7.05 Å². The molecule has 1 aliphatic carbocycles. The van der Waals surface area contributed by atoms with Crippen molar-refractivity contribution in [3.63, 3.8) is 0 Å². The number of halogens is 2. The summed E-state index contributed by atoms with van der Waals surface area (Å²) in [4.78, 5) is 0. The van der Waals surface area contributed by atoms with E-state index in [1.165, 1.54) is 19.3 Å². The van der Waals surface area contributed by atoms with E-state index in [9.17, 15) is 4.39 Å². The first kappa shape index (κ1) is 15.8. The smallest absolute Gasteiger partial charge is 0.142 e. The Bertz CT molecular complexity index is 447. The van der Waals surface area contributed by atoms with Crippen LogP contribution in [-0.2, 0) is 6.42 Å². The van der Waals surface area contributed by atoms with Crippen molar-refractivity contribution in [3.8, 4) is 0 Å². The third-order valence-corrected chi connectivity index (χ3v) is 5.13. The largest absolute Gasteiger partial charge is 0.317 e. The molecule has 2 rings (SSSR count). The zero-order chi connectivity index (χ0) is 14.7. The van der Waals surface area contributed by atoms with E-state index < -0.39 is 0 Å². The van der Waals surface area contributed by atoms with Crippen molar-refractivity contribution in [1.82, 2.24) is 5.32 Å². The molecule has 1 N–H and O–H groups in total. The Morgan fingerprint density at radius 1 is 1.35 bits per heavy atom. The highest BCUT2D eigenvalue weighted by molar-refractivity contribution is 6.30. The summed E-state index contributed by atoms with van der Waals surface area (Å²) in [5.41, 5.74) is 1.06. The lowest BCUT2D eigenvalue weighted by Gasteiger charge is -2.38. The van der Waals surface area contributed by atoms with Gasteiger partial charge >= 0.3 is 0 Å².